The molecule has 5 nitrogen and oxygen atoms in total. The maximum Gasteiger partial charge on any atom is 0.243 e. The zero-order chi connectivity index (χ0) is 13.6. The molecule has 0 aliphatic heterocycles. The number of rotatable bonds is 7. The van der Waals surface area contributed by atoms with E-state index in [9.17, 15) is 12.8 Å². The molecule has 18 heavy (non-hydrogen) atoms. The molecular formula is C11H17FN2O3S. The van der Waals surface area contributed by atoms with Gasteiger partial charge in [0.2, 0.25) is 10.0 Å². The average molecular weight is 276 g/mol. The first kappa shape index (κ1) is 15.0. The van der Waals surface area contributed by atoms with Gasteiger partial charge in [0.25, 0.3) is 0 Å². The molecule has 1 aromatic carbocycles. The molecule has 1 aromatic rings. The predicted molar refractivity (Wildman–Crippen MR) is 66.0 cm³/mol. The summed E-state index contributed by atoms with van der Waals surface area (Å²) in [6, 6.07) is 3.82. The first-order valence-corrected chi connectivity index (χ1v) is 7.05. The molecule has 0 spiro atoms. The third-order valence-electron chi connectivity index (χ3n) is 2.26. The fourth-order valence-corrected chi connectivity index (χ4v) is 2.43. The minimum Gasteiger partial charge on any atom is -0.380 e. The Kier molecular flexibility index (Phi) is 5.67. The van der Waals surface area contributed by atoms with Crippen LogP contribution in [0.3, 0.4) is 0 Å². The minimum absolute atomic E-state index is 0.105. The lowest BCUT2D eigenvalue weighted by atomic mass is 10.2. The summed E-state index contributed by atoms with van der Waals surface area (Å²) < 4.78 is 44.4. The molecule has 0 aliphatic carbocycles. The van der Waals surface area contributed by atoms with Gasteiger partial charge in [-0.1, -0.05) is 6.07 Å². The summed E-state index contributed by atoms with van der Waals surface area (Å²) in [7, 11) is -3.84. The summed E-state index contributed by atoms with van der Waals surface area (Å²) in [6.45, 7) is 2.82. The maximum atomic E-state index is 13.6. The Labute approximate surface area is 106 Å². The molecule has 0 saturated carbocycles. The number of nitrogens with two attached hydrogens (primary N) is 1. The molecule has 0 bridgehead atoms. The van der Waals surface area contributed by atoms with E-state index < -0.39 is 15.8 Å². The Morgan fingerprint density at radius 2 is 2.17 bits per heavy atom. The topological polar surface area (TPSA) is 81.4 Å². The molecule has 102 valence electrons. The first-order chi connectivity index (χ1) is 8.51. The van der Waals surface area contributed by atoms with Crippen molar-refractivity contribution in [1.29, 1.82) is 0 Å². The van der Waals surface area contributed by atoms with Gasteiger partial charge in [-0.25, -0.2) is 17.5 Å². The fourth-order valence-electron chi connectivity index (χ4n) is 1.36. The number of halogens is 1. The van der Waals surface area contributed by atoms with Crippen molar-refractivity contribution in [3.05, 3.63) is 29.6 Å². The van der Waals surface area contributed by atoms with Gasteiger partial charge in [0.15, 0.2) is 0 Å². The van der Waals surface area contributed by atoms with Crippen LogP contribution in [0.15, 0.2) is 23.1 Å². The maximum absolute atomic E-state index is 13.6. The van der Waals surface area contributed by atoms with Gasteiger partial charge >= 0.3 is 0 Å². The number of nitrogens with one attached hydrogen (secondary N) is 1. The monoisotopic (exact) mass is 276 g/mol. The van der Waals surface area contributed by atoms with Crippen molar-refractivity contribution in [2.45, 2.75) is 18.4 Å². The summed E-state index contributed by atoms with van der Waals surface area (Å²) in [5, 5.41) is 0. The Morgan fingerprint density at radius 3 is 2.72 bits per heavy atom. The second-order valence-electron chi connectivity index (χ2n) is 3.56. The highest BCUT2D eigenvalue weighted by Gasteiger charge is 2.18. The number of hydrogen-bond donors (Lipinski definition) is 2. The predicted octanol–water partition coefficient (Wildman–Crippen LogP) is 0.599. The zero-order valence-corrected chi connectivity index (χ0v) is 11.0. The quantitative estimate of drug-likeness (QED) is 0.715. The molecule has 0 radical (unpaired) electrons. The lowest BCUT2D eigenvalue weighted by Gasteiger charge is -2.08. The van der Waals surface area contributed by atoms with Gasteiger partial charge in [-0.2, -0.15) is 0 Å². The SMILES string of the molecule is CCOCCNS(=O)(=O)c1ccc(CN)cc1F. The standard InChI is InChI=1S/C11H17FN2O3S/c1-2-17-6-5-14-18(15,16)11-4-3-9(8-13)7-10(11)12/h3-4,7,14H,2,5-6,8,13H2,1H3. The van der Waals surface area contributed by atoms with Gasteiger partial charge in [-0.05, 0) is 24.6 Å². The van der Waals surface area contributed by atoms with Crippen LogP contribution < -0.4 is 10.5 Å². The lowest BCUT2D eigenvalue weighted by molar-refractivity contribution is 0.153. The van der Waals surface area contributed by atoms with E-state index in [4.69, 9.17) is 10.5 Å². The van der Waals surface area contributed by atoms with E-state index in [1.165, 1.54) is 12.1 Å². The third kappa shape index (κ3) is 4.02. The molecule has 0 atom stereocenters. The summed E-state index contributed by atoms with van der Waals surface area (Å²) in [5.74, 6) is -0.804. The molecular weight excluding hydrogens is 259 g/mol. The Bertz CT molecular complexity index is 491. The summed E-state index contributed by atoms with van der Waals surface area (Å²) >= 11 is 0. The van der Waals surface area contributed by atoms with Gasteiger partial charge in [-0.15, -0.1) is 0 Å². The van der Waals surface area contributed by atoms with Gasteiger partial charge in [0.1, 0.15) is 10.7 Å². The molecule has 7 heteroatoms. The summed E-state index contributed by atoms with van der Waals surface area (Å²) in [6.07, 6.45) is 0. The van der Waals surface area contributed by atoms with Crippen LogP contribution >= 0.6 is 0 Å². The van der Waals surface area contributed by atoms with Crippen molar-refractivity contribution < 1.29 is 17.5 Å². The highest BCUT2D eigenvalue weighted by molar-refractivity contribution is 7.89. The average Bonchev–Trinajstić information content (AvgIpc) is 2.34. The molecule has 0 heterocycles. The van der Waals surface area contributed by atoms with Crippen molar-refractivity contribution in [2.75, 3.05) is 19.8 Å². The van der Waals surface area contributed by atoms with Crippen LogP contribution in [0.2, 0.25) is 0 Å². The van der Waals surface area contributed by atoms with Gasteiger partial charge in [-0.3, -0.25) is 0 Å². The highest BCUT2D eigenvalue weighted by atomic mass is 32.2. The largest absolute Gasteiger partial charge is 0.380 e. The molecule has 0 aliphatic rings. The zero-order valence-electron chi connectivity index (χ0n) is 10.1. The molecule has 3 N–H and O–H groups in total. The van der Waals surface area contributed by atoms with E-state index in [0.29, 0.717) is 12.2 Å². The smallest absolute Gasteiger partial charge is 0.243 e. The summed E-state index contributed by atoms with van der Waals surface area (Å²) in [4.78, 5) is -0.379. The summed E-state index contributed by atoms with van der Waals surface area (Å²) in [5.41, 5.74) is 5.89. The van der Waals surface area contributed by atoms with Crippen LogP contribution in [-0.4, -0.2) is 28.2 Å². The van der Waals surface area contributed by atoms with E-state index in [2.05, 4.69) is 4.72 Å². The van der Waals surface area contributed by atoms with Crippen molar-refractivity contribution in [3.8, 4) is 0 Å². The molecule has 1 rings (SSSR count). The Hall–Kier alpha value is -1.02. The van der Waals surface area contributed by atoms with E-state index in [0.717, 1.165) is 6.07 Å². The highest BCUT2D eigenvalue weighted by Crippen LogP contribution is 2.15. The van der Waals surface area contributed by atoms with Crippen molar-refractivity contribution in [1.82, 2.24) is 4.72 Å². The minimum atomic E-state index is -3.84. The molecule has 0 unspecified atom stereocenters. The van der Waals surface area contributed by atoms with Crippen molar-refractivity contribution >= 4 is 10.0 Å². The van der Waals surface area contributed by atoms with Crippen LogP contribution in [0.5, 0.6) is 0 Å². The number of hydrogen-bond acceptors (Lipinski definition) is 4. The number of benzene rings is 1. The van der Waals surface area contributed by atoms with Crippen LogP contribution in [-0.2, 0) is 21.3 Å². The Morgan fingerprint density at radius 1 is 1.44 bits per heavy atom. The van der Waals surface area contributed by atoms with Gasteiger partial charge in [0.05, 0.1) is 6.61 Å². The fraction of sp³-hybridized carbons (Fsp3) is 0.455. The van der Waals surface area contributed by atoms with E-state index >= 15 is 0 Å². The normalized spacial score (nSPS) is 11.7. The first-order valence-electron chi connectivity index (χ1n) is 5.57. The van der Waals surface area contributed by atoms with Crippen molar-refractivity contribution in [3.63, 3.8) is 0 Å². The molecule has 0 amide bonds. The molecule has 0 fully saturated rings. The lowest BCUT2D eigenvalue weighted by Crippen LogP contribution is -2.28. The van der Waals surface area contributed by atoms with E-state index in [1.54, 1.807) is 6.92 Å². The van der Waals surface area contributed by atoms with Crippen LogP contribution in [0.1, 0.15) is 12.5 Å². The van der Waals surface area contributed by atoms with Crippen LogP contribution in [0.25, 0.3) is 0 Å². The second-order valence-corrected chi connectivity index (χ2v) is 5.30. The van der Waals surface area contributed by atoms with Crippen LogP contribution in [0, 0.1) is 5.82 Å². The molecule has 0 saturated heterocycles. The number of ether oxygens (including phenoxy) is 1. The third-order valence-corrected chi connectivity index (χ3v) is 3.76. The number of sulfonamides is 1. The van der Waals surface area contributed by atoms with Gasteiger partial charge < -0.3 is 10.5 Å². The van der Waals surface area contributed by atoms with E-state index in [-0.39, 0.29) is 24.6 Å². The molecule has 0 aromatic heterocycles. The van der Waals surface area contributed by atoms with Crippen LogP contribution in [0.4, 0.5) is 4.39 Å². The Balaban J connectivity index is 2.78. The van der Waals surface area contributed by atoms with Gasteiger partial charge in [0, 0.05) is 19.7 Å². The van der Waals surface area contributed by atoms with E-state index in [1.807, 2.05) is 0 Å². The second kappa shape index (κ2) is 6.79. The van der Waals surface area contributed by atoms with Crippen molar-refractivity contribution in [2.24, 2.45) is 5.73 Å².